The van der Waals surface area contributed by atoms with Crippen LogP contribution in [0.5, 0.6) is 0 Å². The second-order valence-corrected chi connectivity index (χ2v) is 5.40. The van der Waals surface area contributed by atoms with Crippen LogP contribution in [0.25, 0.3) is 0 Å². The number of hydrogen-bond acceptors (Lipinski definition) is 3. The van der Waals surface area contributed by atoms with Crippen LogP contribution in [0.2, 0.25) is 5.15 Å². The highest BCUT2D eigenvalue weighted by Crippen LogP contribution is 2.49. The lowest BCUT2D eigenvalue weighted by atomic mass is 9.80. The molecule has 1 aliphatic rings. The molecule has 1 saturated carbocycles. The van der Waals surface area contributed by atoms with Crippen LogP contribution >= 0.6 is 11.6 Å². The third kappa shape index (κ3) is 1.94. The maximum absolute atomic E-state index is 10.4. The molecule has 1 aliphatic carbocycles. The van der Waals surface area contributed by atoms with Gasteiger partial charge in [-0.3, -0.25) is 0 Å². The maximum Gasteiger partial charge on any atom is 0.140 e. The van der Waals surface area contributed by atoms with E-state index in [1.807, 2.05) is 0 Å². The Morgan fingerprint density at radius 3 is 2.88 bits per heavy atom. The number of aliphatic hydroxyl groups excluding tert-OH is 1. The number of imidazole rings is 1. The van der Waals surface area contributed by atoms with Crippen molar-refractivity contribution in [3.05, 3.63) is 17.2 Å². The van der Waals surface area contributed by atoms with Gasteiger partial charge in [-0.25, -0.2) is 4.98 Å². The lowest BCUT2D eigenvalue weighted by Gasteiger charge is -2.26. The van der Waals surface area contributed by atoms with E-state index in [4.69, 9.17) is 11.6 Å². The van der Waals surface area contributed by atoms with Gasteiger partial charge in [0.2, 0.25) is 0 Å². The van der Waals surface area contributed by atoms with E-state index in [1.54, 1.807) is 11.6 Å². The van der Waals surface area contributed by atoms with Gasteiger partial charge in [0, 0.05) is 7.05 Å². The van der Waals surface area contributed by atoms with E-state index in [0.717, 1.165) is 19.3 Å². The molecule has 1 N–H and O–H groups in total. The summed E-state index contributed by atoms with van der Waals surface area (Å²) in [6.45, 7) is 2.11. The largest absolute Gasteiger partial charge is 0.383 e. The zero-order valence-electron chi connectivity index (χ0n) is 10.0. The summed E-state index contributed by atoms with van der Waals surface area (Å²) in [6, 6.07) is 2.30. The molecular weight excluding hydrogens is 238 g/mol. The average molecular weight is 254 g/mol. The van der Waals surface area contributed by atoms with Crippen molar-refractivity contribution in [1.29, 1.82) is 5.26 Å². The quantitative estimate of drug-likeness (QED) is 0.881. The molecule has 1 fully saturated rings. The van der Waals surface area contributed by atoms with Gasteiger partial charge in [-0.05, 0) is 25.2 Å². The van der Waals surface area contributed by atoms with Crippen molar-refractivity contribution in [3.63, 3.8) is 0 Å². The highest BCUT2D eigenvalue weighted by Gasteiger charge is 2.46. The smallest absolute Gasteiger partial charge is 0.140 e. The summed E-state index contributed by atoms with van der Waals surface area (Å²) in [7, 11) is 1.75. The van der Waals surface area contributed by atoms with E-state index in [9.17, 15) is 10.4 Å². The van der Waals surface area contributed by atoms with Crippen molar-refractivity contribution in [2.45, 2.75) is 32.3 Å². The van der Waals surface area contributed by atoms with Crippen LogP contribution in [0.3, 0.4) is 0 Å². The van der Waals surface area contributed by atoms with E-state index >= 15 is 0 Å². The number of aromatic nitrogens is 2. The van der Waals surface area contributed by atoms with Crippen LogP contribution in [0.1, 0.15) is 38.1 Å². The second-order valence-electron chi connectivity index (χ2n) is 5.02. The summed E-state index contributed by atoms with van der Waals surface area (Å²) in [5.74, 6) is 0.950. The number of rotatable bonds is 2. The second kappa shape index (κ2) is 4.32. The minimum Gasteiger partial charge on any atom is -0.383 e. The van der Waals surface area contributed by atoms with Crippen molar-refractivity contribution >= 4 is 11.6 Å². The molecule has 0 aromatic carbocycles. The van der Waals surface area contributed by atoms with Crippen molar-refractivity contribution in [3.8, 4) is 6.07 Å². The molecule has 92 valence electrons. The first-order valence-corrected chi connectivity index (χ1v) is 6.14. The fourth-order valence-corrected chi connectivity index (χ4v) is 2.78. The third-order valence-corrected chi connectivity index (χ3v) is 4.11. The molecule has 4 nitrogen and oxygen atoms in total. The highest BCUT2D eigenvalue weighted by atomic mass is 35.5. The van der Waals surface area contributed by atoms with Gasteiger partial charge in [-0.1, -0.05) is 18.5 Å². The van der Waals surface area contributed by atoms with E-state index in [0.29, 0.717) is 16.9 Å². The lowest BCUT2D eigenvalue weighted by Crippen LogP contribution is -2.26. The molecule has 3 atom stereocenters. The molecule has 0 bridgehead atoms. The molecule has 1 aromatic rings. The predicted molar refractivity (Wildman–Crippen MR) is 64.2 cm³/mol. The summed E-state index contributed by atoms with van der Waals surface area (Å²) >= 11 is 5.90. The molecule has 5 heteroatoms. The topological polar surface area (TPSA) is 61.8 Å². The molecule has 1 heterocycles. The number of nitriles is 1. The van der Waals surface area contributed by atoms with E-state index in [-0.39, 0.29) is 0 Å². The Balaban J connectivity index is 2.34. The number of hydrogen-bond donors (Lipinski definition) is 1. The predicted octanol–water partition coefficient (Wildman–Crippen LogP) is 2.44. The lowest BCUT2D eigenvalue weighted by molar-refractivity contribution is 0.0547. The Kier molecular flexibility index (Phi) is 3.15. The molecule has 0 spiro atoms. The van der Waals surface area contributed by atoms with Gasteiger partial charge in [0.05, 0.1) is 17.7 Å². The molecule has 1 aromatic heterocycles. The van der Waals surface area contributed by atoms with Crippen molar-refractivity contribution < 1.29 is 5.11 Å². The monoisotopic (exact) mass is 253 g/mol. The average Bonchev–Trinajstić information content (AvgIpc) is 2.85. The van der Waals surface area contributed by atoms with Gasteiger partial charge in [-0.15, -0.1) is 0 Å². The fraction of sp³-hybridized carbons (Fsp3) is 0.667. The zero-order chi connectivity index (χ0) is 12.6. The third-order valence-electron chi connectivity index (χ3n) is 3.75. The first-order chi connectivity index (χ1) is 8.00. The highest BCUT2D eigenvalue weighted by molar-refractivity contribution is 6.29. The van der Waals surface area contributed by atoms with Crippen LogP contribution in [0.15, 0.2) is 6.20 Å². The Hall–Kier alpha value is -1.05. The van der Waals surface area contributed by atoms with Gasteiger partial charge in [-0.2, -0.15) is 5.26 Å². The summed E-state index contributed by atoms with van der Waals surface area (Å²) in [5.41, 5.74) is -0.706. The molecule has 2 rings (SSSR count). The molecule has 0 amide bonds. The Labute approximate surface area is 106 Å². The summed E-state index contributed by atoms with van der Waals surface area (Å²) < 4.78 is 1.63. The van der Waals surface area contributed by atoms with Crippen molar-refractivity contribution in [2.75, 3.05) is 0 Å². The minimum atomic E-state index is -0.866. The SMILES string of the molecule is CC1CCC(C#N)(C(O)c2ncc(Cl)n2C)C1. The Bertz CT molecular complexity index is 465. The van der Waals surface area contributed by atoms with Crippen LogP contribution in [-0.4, -0.2) is 14.7 Å². The summed E-state index contributed by atoms with van der Waals surface area (Å²) in [5, 5.41) is 20.3. The van der Waals surface area contributed by atoms with Crippen LogP contribution in [-0.2, 0) is 7.05 Å². The maximum atomic E-state index is 10.4. The number of aliphatic hydroxyl groups is 1. The summed E-state index contributed by atoms with van der Waals surface area (Å²) in [4.78, 5) is 4.11. The van der Waals surface area contributed by atoms with E-state index in [2.05, 4.69) is 18.0 Å². The molecular formula is C12H16ClN3O. The van der Waals surface area contributed by atoms with Gasteiger partial charge in [0.1, 0.15) is 17.1 Å². The molecule has 0 radical (unpaired) electrons. The first kappa shape index (κ1) is 12.4. The molecule has 3 unspecified atom stereocenters. The standard InChI is InChI=1S/C12H16ClN3O/c1-8-3-4-12(5-8,7-14)10(17)11-15-6-9(13)16(11)2/h6,8,10,17H,3-5H2,1-2H3. The van der Waals surface area contributed by atoms with Gasteiger partial charge in [0.15, 0.2) is 0 Å². The van der Waals surface area contributed by atoms with Crippen LogP contribution in [0, 0.1) is 22.7 Å². The molecule has 17 heavy (non-hydrogen) atoms. The number of nitrogens with zero attached hydrogens (tertiary/aromatic N) is 3. The minimum absolute atomic E-state index is 0.471. The zero-order valence-corrected chi connectivity index (χ0v) is 10.8. The van der Waals surface area contributed by atoms with Gasteiger partial charge < -0.3 is 9.67 Å². The van der Waals surface area contributed by atoms with Crippen LogP contribution in [0.4, 0.5) is 0 Å². The fourth-order valence-electron chi connectivity index (χ4n) is 2.64. The van der Waals surface area contributed by atoms with Gasteiger partial charge in [0.25, 0.3) is 0 Å². The first-order valence-electron chi connectivity index (χ1n) is 5.76. The Morgan fingerprint density at radius 1 is 1.76 bits per heavy atom. The van der Waals surface area contributed by atoms with Crippen LogP contribution < -0.4 is 0 Å². The summed E-state index contributed by atoms with van der Waals surface area (Å²) in [6.07, 6.45) is 3.05. The number of halogens is 1. The molecule has 0 aliphatic heterocycles. The van der Waals surface area contributed by atoms with Crippen molar-refractivity contribution in [1.82, 2.24) is 9.55 Å². The molecule has 0 saturated heterocycles. The van der Waals surface area contributed by atoms with E-state index < -0.39 is 11.5 Å². The normalized spacial score (nSPS) is 30.2. The Morgan fingerprint density at radius 2 is 2.47 bits per heavy atom. The van der Waals surface area contributed by atoms with Crippen molar-refractivity contribution in [2.24, 2.45) is 18.4 Å². The van der Waals surface area contributed by atoms with Gasteiger partial charge >= 0.3 is 0 Å². The van der Waals surface area contributed by atoms with E-state index in [1.165, 1.54) is 6.20 Å².